The fraction of sp³-hybridized carbons (Fsp3) is 1.00. The molecule has 15 heavy (non-hydrogen) atoms. The van der Waals surface area contributed by atoms with E-state index in [1.165, 1.54) is 0 Å². The molecule has 0 spiro atoms. The highest BCUT2D eigenvalue weighted by atomic mass is 28.4. The Morgan fingerprint density at radius 2 is 1.73 bits per heavy atom. The van der Waals surface area contributed by atoms with Crippen LogP contribution < -0.4 is 5.73 Å². The van der Waals surface area contributed by atoms with Crippen LogP contribution in [0.15, 0.2) is 0 Å². The second kappa shape index (κ2) is 9.29. The summed E-state index contributed by atoms with van der Waals surface area (Å²) >= 11 is 0. The second-order valence-corrected chi connectivity index (χ2v) is 6.51. The third kappa shape index (κ3) is 6.27. The van der Waals surface area contributed by atoms with Crippen molar-refractivity contribution in [1.82, 2.24) is 0 Å². The molecule has 0 aromatic carbocycles. The molecular formula is C10H25NO3Si. The lowest BCUT2D eigenvalue weighted by molar-refractivity contribution is 0.0962. The van der Waals surface area contributed by atoms with Crippen LogP contribution in [0.25, 0.3) is 0 Å². The molecule has 0 aliphatic carbocycles. The Balaban J connectivity index is 3.74. The van der Waals surface area contributed by atoms with E-state index in [4.69, 9.17) is 19.0 Å². The van der Waals surface area contributed by atoms with Crippen molar-refractivity contribution in [3.05, 3.63) is 0 Å². The summed E-state index contributed by atoms with van der Waals surface area (Å²) in [5.74, 6) is 0. The summed E-state index contributed by atoms with van der Waals surface area (Å²) in [4.78, 5) is 0. The minimum absolute atomic E-state index is 0.716. The van der Waals surface area contributed by atoms with Gasteiger partial charge in [-0.1, -0.05) is 13.3 Å². The van der Waals surface area contributed by atoms with Crippen LogP contribution in [-0.4, -0.2) is 36.2 Å². The highest BCUT2D eigenvalue weighted by Crippen LogP contribution is 2.16. The van der Waals surface area contributed by atoms with Crippen LogP contribution in [0, 0.1) is 0 Å². The van der Waals surface area contributed by atoms with Gasteiger partial charge in [0.15, 0.2) is 0 Å². The van der Waals surface area contributed by atoms with Crippen LogP contribution in [0.1, 0.15) is 32.6 Å². The number of hydrogen-bond acceptors (Lipinski definition) is 4. The molecular weight excluding hydrogens is 210 g/mol. The van der Waals surface area contributed by atoms with E-state index in [2.05, 4.69) is 6.92 Å². The van der Waals surface area contributed by atoms with Crippen LogP contribution in [-0.2, 0) is 13.3 Å². The van der Waals surface area contributed by atoms with Gasteiger partial charge in [-0.15, -0.1) is 0 Å². The van der Waals surface area contributed by atoms with E-state index in [1.807, 2.05) is 0 Å². The third-order valence-corrected chi connectivity index (χ3v) is 5.35. The van der Waals surface area contributed by atoms with E-state index in [-0.39, 0.29) is 0 Å². The van der Waals surface area contributed by atoms with Gasteiger partial charge in [0, 0.05) is 26.9 Å². The predicted molar refractivity (Wildman–Crippen MR) is 63.7 cm³/mol. The van der Waals surface area contributed by atoms with Gasteiger partial charge in [0.25, 0.3) is 0 Å². The van der Waals surface area contributed by atoms with E-state index in [0.717, 1.165) is 38.3 Å². The smallest absolute Gasteiger partial charge is 0.377 e. The van der Waals surface area contributed by atoms with Crippen LogP contribution in [0.4, 0.5) is 0 Å². The summed E-state index contributed by atoms with van der Waals surface area (Å²) in [5, 5.41) is 0. The Morgan fingerprint density at radius 3 is 2.20 bits per heavy atom. The summed E-state index contributed by atoms with van der Waals surface area (Å²) in [6.45, 7) is 3.58. The Bertz CT molecular complexity index is 143. The number of nitrogens with two attached hydrogens (primary N) is 1. The maximum absolute atomic E-state index is 5.77. The van der Waals surface area contributed by atoms with Gasteiger partial charge >= 0.3 is 8.80 Å². The molecule has 0 saturated heterocycles. The lowest BCUT2D eigenvalue weighted by Gasteiger charge is -2.25. The van der Waals surface area contributed by atoms with E-state index >= 15 is 0 Å². The summed E-state index contributed by atoms with van der Waals surface area (Å²) in [6, 6.07) is 0.886. The van der Waals surface area contributed by atoms with Gasteiger partial charge in [-0.25, -0.2) is 0 Å². The third-order valence-electron chi connectivity index (χ3n) is 2.35. The van der Waals surface area contributed by atoms with Gasteiger partial charge in [-0.3, -0.25) is 0 Å². The molecule has 0 saturated carbocycles. The van der Waals surface area contributed by atoms with Gasteiger partial charge in [0.05, 0.1) is 0 Å². The molecule has 0 aromatic heterocycles. The second-order valence-electron chi connectivity index (χ2n) is 3.54. The molecule has 0 aromatic rings. The minimum atomic E-state index is -2.33. The van der Waals surface area contributed by atoms with Gasteiger partial charge < -0.3 is 19.0 Å². The molecule has 0 atom stereocenters. The summed E-state index contributed by atoms with van der Waals surface area (Å²) in [6.07, 6.45) is 4.23. The van der Waals surface area contributed by atoms with Gasteiger partial charge in [-0.05, 0) is 25.8 Å². The molecule has 0 aliphatic rings. The quantitative estimate of drug-likeness (QED) is 0.463. The predicted octanol–water partition coefficient (Wildman–Crippen LogP) is 1.77. The highest BCUT2D eigenvalue weighted by molar-refractivity contribution is 6.60. The van der Waals surface area contributed by atoms with Crippen LogP contribution in [0.2, 0.25) is 6.04 Å². The van der Waals surface area contributed by atoms with Crippen molar-refractivity contribution < 1.29 is 13.3 Å². The fourth-order valence-corrected chi connectivity index (χ4v) is 3.46. The molecule has 92 valence electrons. The molecule has 2 N–H and O–H groups in total. The van der Waals surface area contributed by atoms with Crippen molar-refractivity contribution in [3.8, 4) is 0 Å². The van der Waals surface area contributed by atoms with Crippen molar-refractivity contribution in [3.63, 3.8) is 0 Å². The minimum Gasteiger partial charge on any atom is -0.377 e. The van der Waals surface area contributed by atoms with Crippen molar-refractivity contribution in [2.75, 3.05) is 27.4 Å². The zero-order chi connectivity index (χ0) is 11.6. The maximum Gasteiger partial charge on any atom is 0.500 e. The summed E-state index contributed by atoms with van der Waals surface area (Å²) in [7, 11) is 1.01. The van der Waals surface area contributed by atoms with E-state index in [0.29, 0.717) is 6.61 Å². The normalized spacial score (nSPS) is 12.0. The Labute approximate surface area is 94.5 Å². The lowest BCUT2D eigenvalue weighted by Crippen LogP contribution is -2.43. The molecule has 0 bridgehead atoms. The molecule has 0 unspecified atom stereocenters. The average molecular weight is 235 g/mol. The topological polar surface area (TPSA) is 53.7 Å². The molecule has 0 radical (unpaired) electrons. The number of rotatable bonds is 10. The van der Waals surface area contributed by atoms with Gasteiger partial charge in [0.2, 0.25) is 0 Å². The first-order chi connectivity index (χ1) is 7.24. The average Bonchev–Trinajstić information content (AvgIpc) is 2.27. The first kappa shape index (κ1) is 15.1. The monoisotopic (exact) mass is 235 g/mol. The van der Waals surface area contributed by atoms with E-state index in [1.54, 1.807) is 14.2 Å². The number of unbranched alkanes of at least 4 members (excludes halogenated alkanes) is 2. The standard InChI is InChI=1S/C10H25NO3Si/c1-4-10-15(12-2,13-3)14-9-7-5-6-8-11/h4-11H2,1-3H3. The van der Waals surface area contributed by atoms with Crippen LogP contribution >= 0.6 is 0 Å². The van der Waals surface area contributed by atoms with Crippen molar-refractivity contribution in [2.24, 2.45) is 5.73 Å². The molecule has 0 heterocycles. The van der Waals surface area contributed by atoms with Crippen molar-refractivity contribution in [1.29, 1.82) is 0 Å². The lowest BCUT2D eigenvalue weighted by atomic mass is 10.2. The summed E-state index contributed by atoms with van der Waals surface area (Å²) in [5.41, 5.74) is 5.42. The van der Waals surface area contributed by atoms with Crippen LogP contribution in [0.5, 0.6) is 0 Å². The Morgan fingerprint density at radius 1 is 1.07 bits per heavy atom. The highest BCUT2D eigenvalue weighted by Gasteiger charge is 2.37. The van der Waals surface area contributed by atoms with E-state index < -0.39 is 8.80 Å². The largest absolute Gasteiger partial charge is 0.500 e. The van der Waals surface area contributed by atoms with Gasteiger partial charge in [0.1, 0.15) is 0 Å². The zero-order valence-corrected chi connectivity index (χ0v) is 11.3. The molecule has 4 nitrogen and oxygen atoms in total. The number of hydrogen-bond donors (Lipinski definition) is 1. The molecule has 0 amide bonds. The Kier molecular flexibility index (Phi) is 9.33. The van der Waals surface area contributed by atoms with Crippen molar-refractivity contribution >= 4 is 8.80 Å². The maximum atomic E-state index is 5.77. The zero-order valence-electron chi connectivity index (χ0n) is 10.3. The fourth-order valence-electron chi connectivity index (χ4n) is 1.43. The molecule has 0 fully saturated rings. The first-order valence-electron chi connectivity index (χ1n) is 5.69. The molecule has 0 aliphatic heterocycles. The first-order valence-corrected chi connectivity index (χ1v) is 7.62. The summed E-state index contributed by atoms with van der Waals surface area (Å²) < 4.78 is 16.6. The van der Waals surface area contributed by atoms with Crippen molar-refractivity contribution in [2.45, 2.75) is 38.7 Å². The van der Waals surface area contributed by atoms with E-state index in [9.17, 15) is 0 Å². The van der Waals surface area contributed by atoms with Gasteiger partial charge in [-0.2, -0.15) is 0 Å². The van der Waals surface area contributed by atoms with Crippen LogP contribution in [0.3, 0.4) is 0 Å². The molecule has 0 rings (SSSR count). The SMILES string of the molecule is CCC[Si](OC)(OC)OCCCCCN. The molecule has 5 heteroatoms. The Hall–Kier alpha value is 0.0569.